The van der Waals surface area contributed by atoms with E-state index in [-0.39, 0.29) is 17.6 Å². The summed E-state index contributed by atoms with van der Waals surface area (Å²) in [6.45, 7) is 5.62. The Morgan fingerprint density at radius 2 is 1.91 bits per heavy atom. The number of nitro benzene ring substituents is 1. The number of nitro groups is 1. The minimum atomic E-state index is -0.428. The minimum Gasteiger partial charge on any atom is -0.424 e. The van der Waals surface area contributed by atoms with E-state index in [1.165, 1.54) is 12.1 Å². The van der Waals surface area contributed by atoms with Gasteiger partial charge in [0.2, 0.25) is 5.95 Å². The molecule has 2 rings (SSSR count). The topological polar surface area (TPSA) is 94.3 Å². The Bertz CT molecular complexity index is 705. The molecule has 0 fully saturated rings. The van der Waals surface area contributed by atoms with Gasteiger partial charge in [-0.1, -0.05) is 13.8 Å². The number of nitrogens with zero attached hydrogens (tertiary/aromatic N) is 5. The summed E-state index contributed by atoms with van der Waals surface area (Å²) in [6.07, 6.45) is 0. The molecular formula is C15H19N5O3. The van der Waals surface area contributed by atoms with Crippen LogP contribution >= 0.6 is 0 Å². The van der Waals surface area contributed by atoms with Crippen molar-refractivity contribution >= 4 is 11.6 Å². The Hall–Kier alpha value is -2.77. The second-order valence-electron chi connectivity index (χ2n) is 5.63. The number of benzene rings is 1. The lowest BCUT2D eigenvalue weighted by Gasteiger charge is -2.14. The molecule has 0 atom stereocenters. The zero-order valence-corrected chi connectivity index (χ0v) is 13.8. The van der Waals surface area contributed by atoms with Crippen molar-refractivity contribution in [3.63, 3.8) is 0 Å². The molecule has 0 N–H and O–H groups in total. The van der Waals surface area contributed by atoms with Crippen molar-refractivity contribution in [2.24, 2.45) is 0 Å². The molecule has 8 nitrogen and oxygen atoms in total. The van der Waals surface area contributed by atoms with Crippen LogP contribution in [-0.4, -0.2) is 34.0 Å². The van der Waals surface area contributed by atoms with Crippen LogP contribution in [0.4, 0.5) is 11.6 Å². The van der Waals surface area contributed by atoms with Crippen LogP contribution in [0.25, 0.3) is 0 Å². The second-order valence-corrected chi connectivity index (χ2v) is 5.63. The molecule has 0 aliphatic rings. The summed E-state index contributed by atoms with van der Waals surface area (Å²) in [7, 11) is 3.67. The van der Waals surface area contributed by atoms with Gasteiger partial charge in [0.25, 0.3) is 5.69 Å². The van der Waals surface area contributed by atoms with Gasteiger partial charge < -0.3 is 9.64 Å². The zero-order valence-electron chi connectivity index (χ0n) is 13.8. The van der Waals surface area contributed by atoms with E-state index in [0.717, 1.165) is 0 Å². The summed E-state index contributed by atoms with van der Waals surface area (Å²) < 4.78 is 5.66. The van der Waals surface area contributed by atoms with Crippen molar-refractivity contribution in [3.8, 4) is 11.8 Å². The third kappa shape index (κ3) is 3.91. The van der Waals surface area contributed by atoms with E-state index in [4.69, 9.17) is 4.74 Å². The average molecular weight is 317 g/mol. The zero-order chi connectivity index (χ0) is 17.1. The summed E-state index contributed by atoms with van der Waals surface area (Å²) in [6, 6.07) is 4.69. The van der Waals surface area contributed by atoms with Gasteiger partial charge in [-0.3, -0.25) is 10.1 Å². The SMILES string of the molecule is Cc1cc(Oc2nc(C(C)C)nc(N(C)C)n2)ccc1[N+](=O)[O-]. The van der Waals surface area contributed by atoms with Crippen molar-refractivity contribution < 1.29 is 9.66 Å². The number of rotatable bonds is 5. The first-order valence-electron chi connectivity index (χ1n) is 7.14. The number of hydrogen-bond acceptors (Lipinski definition) is 7. The molecule has 0 saturated heterocycles. The number of ether oxygens (including phenoxy) is 1. The number of aryl methyl sites for hydroxylation is 1. The lowest BCUT2D eigenvalue weighted by molar-refractivity contribution is -0.385. The Kier molecular flexibility index (Phi) is 4.73. The summed E-state index contributed by atoms with van der Waals surface area (Å²) in [5.41, 5.74) is 0.559. The van der Waals surface area contributed by atoms with Gasteiger partial charge in [0.1, 0.15) is 11.6 Å². The summed E-state index contributed by atoms with van der Waals surface area (Å²) in [4.78, 5) is 25.1. The highest BCUT2D eigenvalue weighted by atomic mass is 16.6. The van der Waals surface area contributed by atoms with Crippen molar-refractivity contribution in [2.75, 3.05) is 19.0 Å². The van der Waals surface area contributed by atoms with Gasteiger partial charge >= 0.3 is 6.01 Å². The Morgan fingerprint density at radius 1 is 1.22 bits per heavy atom. The number of aromatic nitrogens is 3. The molecule has 122 valence electrons. The van der Waals surface area contributed by atoms with E-state index < -0.39 is 4.92 Å². The maximum Gasteiger partial charge on any atom is 0.327 e. The predicted octanol–water partition coefficient (Wildman–Crippen LogP) is 3.07. The van der Waals surface area contributed by atoms with Gasteiger partial charge in [-0.15, -0.1) is 0 Å². The molecule has 1 aromatic carbocycles. The van der Waals surface area contributed by atoms with Gasteiger partial charge in [-0.2, -0.15) is 15.0 Å². The Labute approximate surface area is 134 Å². The number of hydrogen-bond donors (Lipinski definition) is 0. The quantitative estimate of drug-likeness (QED) is 0.617. The van der Waals surface area contributed by atoms with E-state index in [2.05, 4.69) is 15.0 Å². The van der Waals surface area contributed by atoms with Crippen molar-refractivity contribution in [1.82, 2.24) is 15.0 Å². The molecule has 0 spiro atoms. The van der Waals surface area contributed by atoms with Crippen LogP contribution in [0, 0.1) is 17.0 Å². The maximum atomic E-state index is 10.9. The molecule has 0 radical (unpaired) electrons. The van der Waals surface area contributed by atoms with Crippen LogP contribution in [0.3, 0.4) is 0 Å². The first kappa shape index (κ1) is 16.6. The minimum absolute atomic E-state index is 0.0462. The van der Waals surface area contributed by atoms with Gasteiger partial charge in [0.15, 0.2) is 0 Å². The lowest BCUT2D eigenvalue weighted by Crippen LogP contribution is -2.15. The van der Waals surface area contributed by atoms with Crippen molar-refractivity contribution in [3.05, 3.63) is 39.7 Å². The molecule has 23 heavy (non-hydrogen) atoms. The average Bonchev–Trinajstić information content (AvgIpc) is 2.46. The molecule has 0 aliphatic carbocycles. The van der Waals surface area contributed by atoms with Crippen LogP contribution in [0.2, 0.25) is 0 Å². The second kappa shape index (κ2) is 6.55. The van der Waals surface area contributed by atoms with Gasteiger partial charge in [0.05, 0.1) is 4.92 Å². The van der Waals surface area contributed by atoms with Gasteiger partial charge in [0, 0.05) is 31.6 Å². The van der Waals surface area contributed by atoms with E-state index in [1.807, 2.05) is 27.9 Å². The monoisotopic (exact) mass is 317 g/mol. The normalized spacial score (nSPS) is 10.7. The third-order valence-corrected chi connectivity index (χ3v) is 3.11. The van der Waals surface area contributed by atoms with Gasteiger partial charge in [-0.05, 0) is 19.1 Å². The van der Waals surface area contributed by atoms with Crippen LogP contribution in [0.5, 0.6) is 11.8 Å². The Morgan fingerprint density at radius 3 is 2.43 bits per heavy atom. The molecule has 0 bridgehead atoms. The third-order valence-electron chi connectivity index (χ3n) is 3.11. The van der Waals surface area contributed by atoms with Crippen LogP contribution in [-0.2, 0) is 0 Å². The van der Waals surface area contributed by atoms with E-state index in [0.29, 0.717) is 23.1 Å². The molecule has 0 amide bonds. The lowest BCUT2D eigenvalue weighted by atomic mass is 10.2. The van der Waals surface area contributed by atoms with E-state index in [1.54, 1.807) is 17.9 Å². The van der Waals surface area contributed by atoms with Gasteiger partial charge in [-0.25, -0.2) is 0 Å². The van der Waals surface area contributed by atoms with E-state index in [9.17, 15) is 10.1 Å². The fourth-order valence-corrected chi connectivity index (χ4v) is 1.87. The highest BCUT2D eigenvalue weighted by Crippen LogP contribution is 2.26. The standard InChI is InChI=1S/C15H19N5O3/c1-9(2)13-16-14(19(4)5)18-15(17-13)23-11-6-7-12(20(21)22)10(3)8-11/h6-9H,1-5H3. The smallest absolute Gasteiger partial charge is 0.327 e. The van der Waals surface area contributed by atoms with Crippen molar-refractivity contribution in [2.45, 2.75) is 26.7 Å². The maximum absolute atomic E-state index is 10.9. The molecule has 1 heterocycles. The molecule has 2 aromatic rings. The fourth-order valence-electron chi connectivity index (χ4n) is 1.87. The first-order valence-corrected chi connectivity index (χ1v) is 7.14. The van der Waals surface area contributed by atoms with Crippen LogP contribution < -0.4 is 9.64 Å². The molecular weight excluding hydrogens is 298 g/mol. The van der Waals surface area contributed by atoms with E-state index >= 15 is 0 Å². The fraction of sp³-hybridized carbons (Fsp3) is 0.400. The molecule has 0 unspecified atom stereocenters. The predicted molar refractivity (Wildman–Crippen MR) is 86.2 cm³/mol. The van der Waals surface area contributed by atoms with Crippen LogP contribution in [0.1, 0.15) is 31.2 Å². The van der Waals surface area contributed by atoms with Crippen molar-refractivity contribution in [1.29, 1.82) is 0 Å². The molecule has 0 aliphatic heterocycles. The molecule has 0 saturated carbocycles. The number of anilines is 1. The highest BCUT2D eigenvalue weighted by molar-refractivity contribution is 5.45. The summed E-state index contributed by atoms with van der Waals surface area (Å²) in [5.74, 6) is 1.69. The largest absolute Gasteiger partial charge is 0.424 e. The molecule has 1 aromatic heterocycles. The highest BCUT2D eigenvalue weighted by Gasteiger charge is 2.15. The summed E-state index contributed by atoms with van der Waals surface area (Å²) in [5, 5.41) is 10.9. The van der Waals surface area contributed by atoms with Crippen LogP contribution in [0.15, 0.2) is 18.2 Å². The summed E-state index contributed by atoms with van der Waals surface area (Å²) >= 11 is 0. The Balaban J connectivity index is 2.36. The first-order chi connectivity index (χ1) is 10.8. The molecule has 8 heteroatoms.